The van der Waals surface area contributed by atoms with E-state index in [-0.39, 0.29) is 36.7 Å². The normalized spacial score (nSPS) is 14.1. The second-order valence-electron chi connectivity index (χ2n) is 9.18. The highest BCUT2D eigenvalue weighted by molar-refractivity contribution is 6.05. The van der Waals surface area contributed by atoms with E-state index in [9.17, 15) is 24.0 Å². The van der Waals surface area contributed by atoms with Crippen LogP contribution in [0.5, 0.6) is 0 Å². The number of hydrogen-bond acceptors (Lipinski definition) is 9. The van der Waals surface area contributed by atoms with E-state index in [0.29, 0.717) is 42.6 Å². The molecule has 12 nitrogen and oxygen atoms in total. The number of Topliss-reactive ketones (excluding diaryl/α,β-unsaturated/α-hetero) is 1. The van der Waals surface area contributed by atoms with E-state index in [1.807, 2.05) is 0 Å². The van der Waals surface area contributed by atoms with Gasteiger partial charge < -0.3 is 24.2 Å². The zero-order chi connectivity index (χ0) is 29.1. The molecule has 3 rings (SSSR count). The number of carboxylic acids is 1. The molecule has 1 heterocycles. The van der Waals surface area contributed by atoms with Crippen LogP contribution < -0.4 is 5.32 Å². The molecule has 1 aliphatic heterocycles. The molecule has 2 aromatic carbocycles. The summed E-state index contributed by atoms with van der Waals surface area (Å²) in [4.78, 5) is 61.6. The number of alkyl carbamates (subject to hydrolysis) is 1. The summed E-state index contributed by atoms with van der Waals surface area (Å²) in [6, 6.07) is 14.2. The molecule has 40 heavy (non-hydrogen) atoms. The van der Waals surface area contributed by atoms with Crippen molar-refractivity contribution in [2.24, 2.45) is 5.92 Å². The van der Waals surface area contributed by atoms with E-state index < -0.39 is 30.7 Å². The maximum Gasteiger partial charge on any atom is 0.415 e. The molecule has 1 aliphatic rings. The minimum atomic E-state index is -1.03. The van der Waals surface area contributed by atoms with Gasteiger partial charge in [-0.1, -0.05) is 49.4 Å². The van der Waals surface area contributed by atoms with Crippen LogP contribution in [-0.4, -0.2) is 78.2 Å². The summed E-state index contributed by atoms with van der Waals surface area (Å²) in [5.74, 6) is -2.92. The molecule has 0 bridgehead atoms. The van der Waals surface area contributed by atoms with E-state index in [2.05, 4.69) is 5.32 Å². The van der Waals surface area contributed by atoms with Crippen molar-refractivity contribution >= 4 is 35.6 Å². The van der Waals surface area contributed by atoms with Crippen LogP contribution >= 0.6 is 0 Å². The predicted octanol–water partition coefficient (Wildman–Crippen LogP) is 2.85. The molecule has 0 saturated carbocycles. The summed E-state index contributed by atoms with van der Waals surface area (Å²) in [6.07, 6.45) is -0.128. The van der Waals surface area contributed by atoms with Gasteiger partial charge in [-0.05, 0) is 25.0 Å². The number of esters is 1. The Morgan fingerprint density at radius 2 is 1.57 bits per heavy atom. The van der Waals surface area contributed by atoms with Gasteiger partial charge >= 0.3 is 18.0 Å². The maximum absolute atomic E-state index is 12.8. The second-order valence-corrected chi connectivity index (χ2v) is 9.18. The summed E-state index contributed by atoms with van der Waals surface area (Å²) in [5, 5.41) is 19.0. The Balaban J connectivity index is 1.40. The molecule has 1 saturated heterocycles. The number of carbonyl (C=O) groups excluding carboxylic acids is 4. The molecule has 1 fully saturated rings. The second kappa shape index (κ2) is 14.5. The quantitative estimate of drug-likeness (QED) is 0.124. The van der Waals surface area contributed by atoms with E-state index in [1.54, 1.807) is 42.2 Å². The summed E-state index contributed by atoms with van der Waals surface area (Å²) in [7, 11) is 0. The van der Waals surface area contributed by atoms with Gasteiger partial charge in [0.15, 0.2) is 5.78 Å². The van der Waals surface area contributed by atoms with Gasteiger partial charge in [-0.25, -0.2) is 14.4 Å². The van der Waals surface area contributed by atoms with Gasteiger partial charge in [0.1, 0.15) is 12.4 Å². The number of hydrogen-bond donors (Lipinski definition) is 3. The van der Waals surface area contributed by atoms with Gasteiger partial charge in [-0.2, -0.15) is 0 Å². The van der Waals surface area contributed by atoms with Crippen molar-refractivity contribution in [1.82, 2.24) is 10.2 Å². The van der Waals surface area contributed by atoms with Crippen molar-refractivity contribution in [1.29, 1.82) is 5.41 Å². The number of ketones is 1. The van der Waals surface area contributed by atoms with Gasteiger partial charge in [0.05, 0.1) is 11.7 Å². The predicted molar refractivity (Wildman–Crippen MR) is 141 cm³/mol. The average molecular weight is 554 g/mol. The Labute approximate surface area is 230 Å². The lowest BCUT2D eigenvalue weighted by Crippen LogP contribution is -2.43. The largest absolute Gasteiger partial charge is 0.480 e. The minimum Gasteiger partial charge on any atom is -0.480 e. The van der Waals surface area contributed by atoms with E-state index in [1.165, 1.54) is 24.3 Å². The third-order valence-electron chi connectivity index (χ3n) is 6.22. The number of ether oxygens (including phenoxy) is 3. The first-order chi connectivity index (χ1) is 19.1. The van der Waals surface area contributed by atoms with E-state index in [0.717, 1.165) is 0 Å². The minimum absolute atomic E-state index is 0.00263. The lowest BCUT2D eigenvalue weighted by molar-refractivity contribution is -0.147. The molecular formula is C28H31N3O9. The Bertz CT molecular complexity index is 1220. The first kappa shape index (κ1) is 30.0. The molecule has 0 spiro atoms. The van der Waals surface area contributed by atoms with Crippen molar-refractivity contribution in [2.75, 3.05) is 26.5 Å². The standard InChI is InChI=1S/C28H31N3O9/c1-18(26(35)31-13-11-22(12-14-31)38-16-24(33)34)15-23(32)19-7-9-20(10-8-19)25(29)30-28(37)40-17-39-27(36)21-5-3-2-4-6-21/h2-10,18,22H,11-17H2,1H3,(H,33,34)(H2,29,30,37). The molecule has 212 valence electrons. The number of likely N-dealkylation sites (tertiary alicyclic amines) is 1. The molecule has 2 amide bonds. The highest BCUT2D eigenvalue weighted by Crippen LogP contribution is 2.19. The number of rotatable bonds is 11. The van der Waals surface area contributed by atoms with Crippen molar-refractivity contribution in [2.45, 2.75) is 32.3 Å². The third kappa shape index (κ3) is 9.02. The van der Waals surface area contributed by atoms with Crippen LogP contribution in [-0.2, 0) is 23.8 Å². The van der Waals surface area contributed by atoms with E-state index >= 15 is 0 Å². The molecule has 12 heteroatoms. The number of aliphatic carboxylic acids is 1. The Morgan fingerprint density at radius 3 is 2.20 bits per heavy atom. The zero-order valence-corrected chi connectivity index (χ0v) is 22.0. The molecule has 3 N–H and O–H groups in total. The Hall–Kier alpha value is -4.58. The summed E-state index contributed by atoms with van der Waals surface area (Å²) >= 11 is 0. The molecule has 0 aromatic heterocycles. The molecular weight excluding hydrogens is 522 g/mol. The number of amides is 2. The van der Waals surface area contributed by atoms with Gasteiger partial charge in [0.2, 0.25) is 12.7 Å². The molecule has 1 atom stereocenters. The van der Waals surface area contributed by atoms with Crippen LogP contribution in [0.2, 0.25) is 0 Å². The lowest BCUT2D eigenvalue weighted by atomic mass is 9.96. The number of nitrogens with one attached hydrogen (secondary N) is 2. The van der Waals surface area contributed by atoms with Crippen LogP contribution in [0.3, 0.4) is 0 Å². The molecule has 0 radical (unpaired) electrons. The van der Waals surface area contributed by atoms with Crippen LogP contribution in [0.25, 0.3) is 0 Å². The number of benzene rings is 2. The first-order valence-electron chi connectivity index (χ1n) is 12.6. The third-order valence-corrected chi connectivity index (χ3v) is 6.22. The fourth-order valence-electron chi connectivity index (χ4n) is 4.05. The van der Waals surface area contributed by atoms with Gasteiger partial charge in [0, 0.05) is 36.6 Å². The Morgan fingerprint density at radius 1 is 0.950 bits per heavy atom. The highest BCUT2D eigenvalue weighted by Gasteiger charge is 2.28. The number of carboxylic acid groups (broad SMARTS) is 1. The molecule has 0 aliphatic carbocycles. The zero-order valence-electron chi connectivity index (χ0n) is 22.0. The number of nitrogens with zero attached hydrogens (tertiary/aromatic N) is 1. The fraction of sp³-hybridized carbons (Fsp3) is 0.357. The van der Waals surface area contributed by atoms with Crippen molar-refractivity contribution in [3.8, 4) is 0 Å². The van der Waals surface area contributed by atoms with Gasteiger partial charge in [-0.15, -0.1) is 0 Å². The highest BCUT2D eigenvalue weighted by atomic mass is 16.7. The SMILES string of the molecule is CC(CC(=O)c1ccc(C(=N)NC(=O)OCOC(=O)c2ccccc2)cc1)C(=O)N1CCC(OCC(=O)O)CC1. The average Bonchev–Trinajstić information content (AvgIpc) is 2.96. The van der Waals surface area contributed by atoms with Crippen LogP contribution in [0.15, 0.2) is 54.6 Å². The van der Waals surface area contributed by atoms with Crippen LogP contribution in [0.4, 0.5) is 4.79 Å². The van der Waals surface area contributed by atoms with Crippen LogP contribution in [0, 0.1) is 11.3 Å². The first-order valence-corrected chi connectivity index (χ1v) is 12.6. The number of piperidine rings is 1. The maximum atomic E-state index is 12.8. The number of carbonyl (C=O) groups is 5. The van der Waals surface area contributed by atoms with Crippen molar-refractivity contribution < 1.29 is 43.3 Å². The number of amidine groups is 1. The summed E-state index contributed by atoms with van der Waals surface area (Å²) < 4.78 is 14.9. The molecule has 2 aromatic rings. The van der Waals surface area contributed by atoms with Crippen molar-refractivity contribution in [3.05, 3.63) is 71.3 Å². The Kier molecular flexibility index (Phi) is 10.9. The monoisotopic (exact) mass is 553 g/mol. The fourth-order valence-corrected chi connectivity index (χ4v) is 4.05. The smallest absolute Gasteiger partial charge is 0.415 e. The van der Waals surface area contributed by atoms with Crippen LogP contribution in [0.1, 0.15) is 52.5 Å². The summed E-state index contributed by atoms with van der Waals surface area (Å²) in [6.45, 7) is 1.55. The van der Waals surface area contributed by atoms with E-state index in [4.69, 9.17) is 24.7 Å². The lowest BCUT2D eigenvalue weighted by Gasteiger charge is -2.33. The van der Waals surface area contributed by atoms with Gasteiger partial charge in [0.25, 0.3) is 0 Å². The van der Waals surface area contributed by atoms with Gasteiger partial charge in [-0.3, -0.25) is 20.3 Å². The molecule has 1 unspecified atom stereocenters. The topological polar surface area (TPSA) is 172 Å². The summed E-state index contributed by atoms with van der Waals surface area (Å²) in [5.41, 5.74) is 0.969. The van der Waals surface area contributed by atoms with Crippen molar-refractivity contribution in [3.63, 3.8) is 0 Å².